The summed E-state index contributed by atoms with van der Waals surface area (Å²) in [7, 11) is 0. The highest BCUT2D eigenvalue weighted by atomic mass is 19.1. The van der Waals surface area contributed by atoms with Crippen LogP contribution in [0.4, 0.5) is 8.78 Å². The van der Waals surface area contributed by atoms with Crippen LogP contribution in [-0.4, -0.2) is 42.3 Å². The average molecular weight is 372 g/mol. The Kier molecular flexibility index (Phi) is 4.93. The second kappa shape index (κ2) is 7.37. The minimum absolute atomic E-state index is 0.161. The van der Waals surface area contributed by atoms with E-state index in [9.17, 15) is 13.6 Å². The SMILES string of the molecule is N[C@H]1C[C@H](C(=O)N2CCc3ccccc3[C@@H]2c2ccc(F)cc2)OC[C@H]1F. The first-order valence-electron chi connectivity index (χ1n) is 9.19. The maximum Gasteiger partial charge on any atom is 0.252 e. The van der Waals surface area contributed by atoms with Crippen LogP contribution in [-0.2, 0) is 16.0 Å². The molecule has 2 aromatic rings. The molecule has 0 aliphatic carbocycles. The highest BCUT2D eigenvalue weighted by Crippen LogP contribution is 2.36. The molecule has 2 aliphatic rings. The molecule has 1 fully saturated rings. The lowest BCUT2D eigenvalue weighted by atomic mass is 9.87. The van der Waals surface area contributed by atoms with Gasteiger partial charge in [0.15, 0.2) is 0 Å². The van der Waals surface area contributed by atoms with Crippen LogP contribution >= 0.6 is 0 Å². The number of rotatable bonds is 2. The Morgan fingerprint density at radius 3 is 2.63 bits per heavy atom. The molecule has 0 spiro atoms. The summed E-state index contributed by atoms with van der Waals surface area (Å²) in [5.41, 5.74) is 8.83. The molecule has 0 radical (unpaired) electrons. The molecule has 142 valence electrons. The van der Waals surface area contributed by atoms with Gasteiger partial charge < -0.3 is 15.4 Å². The summed E-state index contributed by atoms with van der Waals surface area (Å²) in [5, 5.41) is 0. The van der Waals surface area contributed by atoms with Crippen LogP contribution in [0.5, 0.6) is 0 Å². The van der Waals surface area contributed by atoms with Crippen molar-refractivity contribution in [3.63, 3.8) is 0 Å². The normalized spacial score (nSPS) is 27.9. The van der Waals surface area contributed by atoms with Gasteiger partial charge in [0, 0.05) is 19.0 Å². The van der Waals surface area contributed by atoms with Gasteiger partial charge in [0.25, 0.3) is 5.91 Å². The number of fused-ring (bicyclic) bond motifs is 1. The van der Waals surface area contributed by atoms with Gasteiger partial charge in [0.1, 0.15) is 18.1 Å². The van der Waals surface area contributed by atoms with Crippen LogP contribution in [0.25, 0.3) is 0 Å². The van der Waals surface area contributed by atoms with Crippen molar-refractivity contribution >= 4 is 5.91 Å². The minimum atomic E-state index is -1.25. The first-order chi connectivity index (χ1) is 13.0. The van der Waals surface area contributed by atoms with E-state index in [-0.39, 0.29) is 30.8 Å². The van der Waals surface area contributed by atoms with Gasteiger partial charge in [-0.15, -0.1) is 0 Å². The van der Waals surface area contributed by atoms with E-state index in [4.69, 9.17) is 10.5 Å². The van der Waals surface area contributed by atoms with E-state index in [0.29, 0.717) is 6.54 Å². The summed E-state index contributed by atoms with van der Waals surface area (Å²) in [5.74, 6) is -0.516. The molecule has 27 heavy (non-hydrogen) atoms. The minimum Gasteiger partial charge on any atom is -0.365 e. The summed E-state index contributed by atoms with van der Waals surface area (Å²) in [6.45, 7) is 0.356. The van der Waals surface area contributed by atoms with Crippen LogP contribution < -0.4 is 5.73 Å². The molecule has 1 saturated heterocycles. The van der Waals surface area contributed by atoms with Crippen molar-refractivity contribution < 1.29 is 18.3 Å². The van der Waals surface area contributed by atoms with Crippen molar-refractivity contribution in [2.45, 2.75) is 37.2 Å². The molecule has 0 bridgehead atoms. The van der Waals surface area contributed by atoms with Gasteiger partial charge in [-0.1, -0.05) is 36.4 Å². The number of hydrogen-bond donors (Lipinski definition) is 1. The van der Waals surface area contributed by atoms with Crippen molar-refractivity contribution in [3.05, 3.63) is 71.0 Å². The van der Waals surface area contributed by atoms with Gasteiger partial charge >= 0.3 is 0 Å². The van der Waals surface area contributed by atoms with E-state index in [1.165, 1.54) is 17.7 Å². The van der Waals surface area contributed by atoms with E-state index < -0.39 is 18.3 Å². The molecule has 2 aromatic carbocycles. The highest BCUT2D eigenvalue weighted by Gasteiger charge is 2.39. The average Bonchev–Trinajstić information content (AvgIpc) is 2.69. The zero-order chi connectivity index (χ0) is 19.0. The monoisotopic (exact) mass is 372 g/mol. The number of ether oxygens (including phenoxy) is 1. The van der Waals surface area contributed by atoms with Gasteiger partial charge in [-0.25, -0.2) is 8.78 Å². The van der Waals surface area contributed by atoms with Gasteiger partial charge in [-0.2, -0.15) is 0 Å². The number of benzene rings is 2. The Hall–Kier alpha value is -2.31. The molecular formula is C21H22F2N2O2. The molecule has 2 N–H and O–H groups in total. The number of carbonyl (C=O) groups excluding carboxylic acids is 1. The fourth-order valence-corrected chi connectivity index (χ4v) is 3.96. The predicted molar refractivity (Wildman–Crippen MR) is 97.3 cm³/mol. The Morgan fingerprint density at radius 2 is 1.89 bits per heavy atom. The second-order valence-corrected chi connectivity index (χ2v) is 7.17. The molecule has 4 nitrogen and oxygen atoms in total. The smallest absolute Gasteiger partial charge is 0.252 e. The number of amides is 1. The first kappa shape index (κ1) is 18.1. The maximum absolute atomic E-state index is 13.6. The van der Waals surface area contributed by atoms with Gasteiger partial charge in [-0.3, -0.25) is 4.79 Å². The molecule has 0 unspecified atom stereocenters. The van der Waals surface area contributed by atoms with Gasteiger partial charge in [0.05, 0.1) is 12.6 Å². The third kappa shape index (κ3) is 3.47. The van der Waals surface area contributed by atoms with E-state index in [1.54, 1.807) is 17.0 Å². The van der Waals surface area contributed by atoms with Crippen molar-refractivity contribution in [3.8, 4) is 0 Å². The summed E-state index contributed by atoms with van der Waals surface area (Å²) >= 11 is 0. The fourth-order valence-electron chi connectivity index (χ4n) is 3.96. The molecule has 6 heteroatoms. The fraction of sp³-hybridized carbons (Fsp3) is 0.381. The third-order valence-corrected chi connectivity index (χ3v) is 5.44. The molecule has 4 rings (SSSR count). The third-order valence-electron chi connectivity index (χ3n) is 5.44. The van der Waals surface area contributed by atoms with Crippen LogP contribution in [0, 0.1) is 5.82 Å². The number of alkyl halides is 1. The second-order valence-electron chi connectivity index (χ2n) is 7.17. The first-order valence-corrected chi connectivity index (χ1v) is 9.19. The van der Waals surface area contributed by atoms with Crippen molar-refractivity contribution in [2.75, 3.05) is 13.2 Å². The standard InChI is InChI=1S/C21H22F2N2O2/c22-15-7-5-14(6-8-15)20-16-4-2-1-3-13(16)9-10-25(20)21(26)19-11-18(24)17(23)12-27-19/h1-8,17-20H,9-12,24H2/t17-,18+,19-,20+/m1/s1. The summed E-state index contributed by atoms with van der Waals surface area (Å²) in [4.78, 5) is 15.0. The molecule has 0 aromatic heterocycles. The predicted octanol–water partition coefficient (Wildman–Crippen LogP) is 2.75. The zero-order valence-electron chi connectivity index (χ0n) is 14.9. The van der Waals surface area contributed by atoms with Crippen molar-refractivity contribution in [2.24, 2.45) is 5.73 Å². The van der Waals surface area contributed by atoms with E-state index in [2.05, 4.69) is 0 Å². The van der Waals surface area contributed by atoms with Crippen LogP contribution in [0.3, 0.4) is 0 Å². The number of hydrogen-bond acceptors (Lipinski definition) is 3. The number of nitrogens with zero attached hydrogens (tertiary/aromatic N) is 1. The van der Waals surface area contributed by atoms with E-state index >= 15 is 0 Å². The number of nitrogens with two attached hydrogens (primary N) is 1. The summed E-state index contributed by atoms with van der Waals surface area (Å²) in [6, 6.07) is 13.1. The number of carbonyl (C=O) groups is 1. The van der Waals surface area contributed by atoms with Crippen molar-refractivity contribution in [1.82, 2.24) is 4.90 Å². The summed E-state index contributed by atoms with van der Waals surface area (Å²) in [6.07, 6.45) is -1.11. The lowest BCUT2D eigenvalue weighted by molar-refractivity contribution is -0.152. The van der Waals surface area contributed by atoms with Crippen molar-refractivity contribution in [1.29, 1.82) is 0 Å². The Morgan fingerprint density at radius 1 is 1.15 bits per heavy atom. The Bertz CT molecular complexity index is 827. The molecule has 4 atom stereocenters. The van der Waals surface area contributed by atoms with Crippen LogP contribution in [0.1, 0.15) is 29.2 Å². The van der Waals surface area contributed by atoms with Gasteiger partial charge in [0.2, 0.25) is 0 Å². The zero-order valence-corrected chi connectivity index (χ0v) is 14.9. The largest absolute Gasteiger partial charge is 0.365 e. The van der Waals surface area contributed by atoms with E-state index in [1.807, 2.05) is 24.3 Å². The van der Waals surface area contributed by atoms with Crippen LogP contribution in [0.15, 0.2) is 48.5 Å². The highest BCUT2D eigenvalue weighted by molar-refractivity contribution is 5.82. The topological polar surface area (TPSA) is 55.6 Å². The van der Waals surface area contributed by atoms with Crippen LogP contribution in [0.2, 0.25) is 0 Å². The molecule has 1 amide bonds. The van der Waals surface area contributed by atoms with E-state index in [0.717, 1.165) is 17.5 Å². The Labute approximate surface area is 156 Å². The summed E-state index contributed by atoms with van der Waals surface area (Å²) < 4.78 is 32.5. The lowest BCUT2D eigenvalue weighted by Gasteiger charge is -2.41. The molecule has 2 heterocycles. The van der Waals surface area contributed by atoms with Gasteiger partial charge in [-0.05, 0) is 35.2 Å². The quantitative estimate of drug-likeness (QED) is 0.882. The lowest BCUT2D eigenvalue weighted by Crippen LogP contribution is -2.52. The molecule has 0 saturated carbocycles. The number of halogens is 2. The maximum atomic E-state index is 13.6. The Balaban J connectivity index is 1.68. The molecule has 2 aliphatic heterocycles. The molecular weight excluding hydrogens is 350 g/mol.